The zero-order valence-electron chi connectivity index (χ0n) is 7.63. The second-order valence-corrected chi connectivity index (χ2v) is 3.44. The average Bonchev–Trinajstić information content (AvgIpc) is 2.57. The van der Waals surface area contributed by atoms with Gasteiger partial charge in [0.15, 0.2) is 6.29 Å². The highest BCUT2D eigenvalue weighted by molar-refractivity contribution is 6.17. The van der Waals surface area contributed by atoms with E-state index in [2.05, 4.69) is 0 Å². The maximum Gasteiger partial charge on any atom is 0.164 e. The number of Topliss-reactive ketones (excluding diaryl/α,β-unsaturated/α-hetero) is 1. The molecule has 1 heterocycles. The molecule has 76 valence electrons. The lowest BCUT2D eigenvalue weighted by atomic mass is 10.1. The van der Waals surface area contributed by atoms with Crippen molar-refractivity contribution in [3.63, 3.8) is 0 Å². The van der Waals surface area contributed by atoms with Gasteiger partial charge < -0.3 is 9.47 Å². The second kappa shape index (κ2) is 6.35. The van der Waals surface area contributed by atoms with E-state index in [1.165, 1.54) is 0 Å². The summed E-state index contributed by atoms with van der Waals surface area (Å²) in [4.78, 5) is 11.3. The van der Waals surface area contributed by atoms with Crippen molar-refractivity contribution in [2.45, 2.75) is 32.0 Å². The monoisotopic (exact) mass is 206 g/mol. The molecule has 0 aliphatic carbocycles. The fourth-order valence-electron chi connectivity index (χ4n) is 1.23. The van der Waals surface area contributed by atoms with Crippen LogP contribution < -0.4 is 0 Å². The van der Waals surface area contributed by atoms with Gasteiger partial charge in [-0.1, -0.05) is 0 Å². The highest BCUT2D eigenvalue weighted by atomic mass is 35.5. The molecule has 0 amide bonds. The van der Waals surface area contributed by atoms with E-state index in [-0.39, 0.29) is 12.1 Å². The zero-order valence-corrected chi connectivity index (χ0v) is 8.39. The summed E-state index contributed by atoms with van der Waals surface area (Å²) < 4.78 is 10.3. The molecule has 0 aromatic carbocycles. The molecule has 0 aromatic rings. The first-order valence-electron chi connectivity index (χ1n) is 4.64. The van der Waals surface area contributed by atoms with Crippen LogP contribution in [0.25, 0.3) is 0 Å². The van der Waals surface area contributed by atoms with E-state index in [9.17, 15) is 4.79 Å². The van der Waals surface area contributed by atoms with Crippen molar-refractivity contribution in [1.29, 1.82) is 0 Å². The highest BCUT2D eigenvalue weighted by Gasteiger charge is 2.18. The number of unbranched alkanes of at least 4 members (excludes halogenated alkanes) is 1. The molecule has 1 saturated heterocycles. The minimum atomic E-state index is -0.288. The van der Waals surface area contributed by atoms with E-state index >= 15 is 0 Å². The van der Waals surface area contributed by atoms with E-state index in [1.54, 1.807) is 0 Å². The Hall–Kier alpha value is -0.120. The molecule has 0 bridgehead atoms. The van der Waals surface area contributed by atoms with Gasteiger partial charge in [-0.2, -0.15) is 0 Å². The number of hydrogen-bond acceptors (Lipinski definition) is 3. The predicted molar refractivity (Wildman–Crippen MR) is 49.9 cm³/mol. The Labute approximate surface area is 83.3 Å². The molecule has 13 heavy (non-hydrogen) atoms. The SMILES string of the molecule is O=C(CCCCCl)CC1OCCO1. The van der Waals surface area contributed by atoms with Crippen LogP contribution >= 0.6 is 11.6 Å². The smallest absolute Gasteiger partial charge is 0.164 e. The number of carbonyl (C=O) groups excluding carboxylic acids is 1. The molecular formula is C9H15ClO3. The van der Waals surface area contributed by atoms with Crippen molar-refractivity contribution in [1.82, 2.24) is 0 Å². The van der Waals surface area contributed by atoms with Gasteiger partial charge in [0.25, 0.3) is 0 Å². The van der Waals surface area contributed by atoms with Crippen LogP contribution in [0.3, 0.4) is 0 Å². The number of carbonyl (C=O) groups is 1. The predicted octanol–water partition coefficient (Wildman–Crippen LogP) is 1.73. The quantitative estimate of drug-likeness (QED) is 0.491. The van der Waals surface area contributed by atoms with Crippen molar-refractivity contribution in [2.24, 2.45) is 0 Å². The van der Waals surface area contributed by atoms with Gasteiger partial charge in [-0.3, -0.25) is 4.79 Å². The third kappa shape index (κ3) is 4.60. The van der Waals surface area contributed by atoms with E-state index < -0.39 is 0 Å². The van der Waals surface area contributed by atoms with Crippen LogP contribution in [0.4, 0.5) is 0 Å². The molecule has 1 aliphatic rings. The second-order valence-electron chi connectivity index (χ2n) is 3.06. The Morgan fingerprint density at radius 1 is 1.31 bits per heavy atom. The number of hydrogen-bond donors (Lipinski definition) is 0. The third-order valence-electron chi connectivity index (χ3n) is 1.92. The zero-order chi connectivity index (χ0) is 9.52. The van der Waals surface area contributed by atoms with Crippen LogP contribution in [0.2, 0.25) is 0 Å². The number of alkyl halides is 1. The minimum Gasteiger partial charge on any atom is -0.350 e. The molecule has 0 N–H and O–H groups in total. The fraction of sp³-hybridized carbons (Fsp3) is 0.889. The topological polar surface area (TPSA) is 35.5 Å². The molecule has 4 heteroatoms. The molecule has 1 fully saturated rings. The minimum absolute atomic E-state index is 0.206. The molecular weight excluding hydrogens is 192 g/mol. The Kier molecular flexibility index (Phi) is 5.35. The molecule has 1 rings (SSSR count). The fourth-order valence-corrected chi connectivity index (χ4v) is 1.42. The molecule has 0 radical (unpaired) electrons. The maximum absolute atomic E-state index is 11.3. The first-order valence-corrected chi connectivity index (χ1v) is 5.17. The molecule has 0 unspecified atom stereocenters. The van der Waals surface area contributed by atoms with E-state index in [4.69, 9.17) is 21.1 Å². The van der Waals surface area contributed by atoms with Gasteiger partial charge in [0.1, 0.15) is 5.78 Å². The molecule has 0 aromatic heterocycles. The van der Waals surface area contributed by atoms with Crippen molar-refractivity contribution in [3.8, 4) is 0 Å². The average molecular weight is 207 g/mol. The summed E-state index contributed by atoms with van der Waals surface area (Å²) in [5, 5.41) is 0. The molecule has 1 aliphatic heterocycles. The number of ketones is 1. The molecule has 0 atom stereocenters. The van der Waals surface area contributed by atoms with Crippen LogP contribution in [-0.4, -0.2) is 31.2 Å². The van der Waals surface area contributed by atoms with Gasteiger partial charge in [-0.25, -0.2) is 0 Å². The van der Waals surface area contributed by atoms with Crippen LogP contribution in [-0.2, 0) is 14.3 Å². The van der Waals surface area contributed by atoms with Gasteiger partial charge in [0, 0.05) is 12.3 Å². The summed E-state index contributed by atoms with van der Waals surface area (Å²) in [5.74, 6) is 0.834. The number of halogens is 1. The standard InChI is InChI=1S/C9H15ClO3/c10-4-2-1-3-8(11)7-9-12-5-6-13-9/h9H,1-7H2. The van der Waals surface area contributed by atoms with Gasteiger partial charge in [-0.05, 0) is 12.8 Å². The first kappa shape index (κ1) is 11.0. The highest BCUT2D eigenvalue weighted by Crippen LogP contribution is 2.10. The summed E-state index contributed by atoms with van der Waals surface area (Å²) in [6.45, 7) is 1.22. The van der Waals surface area contributed by atoms with Crippen LogP contribution in [0.5, 0.6) is 0 Å². The Morgan fingerprint density at radius 3 is 2.62 bits per heavy atom. The summed E-state index contributed by atoms with van der Waals surface area (Å²) in [6.07, 6.45) is 2.47. The lowest BCUT2D eigenvalue weighted by Gasteiger charge is -2.06. The summed E-state index contributed by atoms with van der Waals surface area (Å²) in [6, 6.07) is 0. The molecule has 0 saturated carbocycles. The van der Waals surface area contributed by atoms with E-state index in [1.807, 2.05) is 0 Å². The van der Waals surface area contributed by atoms with Crippen LogP contribution in [0, 0.1) is 0 Å². The van der Waals surface area contributed by atoms with Crippen LogP contribution in [0.15, 0.2) is 0 Å². The summed E-state index contributed by atoms with van der Waals surface area (Å²) in [5.41, 5.74) is 0. The van der Waals surface area contributed by atoms with Gasteiger partial charge in [-0.15, -0.1) is 11.6 Å². The maximum atomic E-state index is 11.3. The van der Waals surface area contributed by atoms with Crippen molar-refractivity contribution in [3.05, 3.63) is 0 Å². The lowest BCUT2D eigenvalue weighted by Crippen LogP contribution is -2.14. The Balaban J connectivity index is 2.02. The number of rotatable bonds is 6. The Bertz CT molecular complexity index is 155. The Morgan fingerprint density at radius 2 is 2.00 bits per heavy atom. The third-order valence-corrected chi connectivity index (χ3v) is 2.19. The largest absolute Gasteiger partial charge is 0.350 e. The normalized spacial score (nSPS) is 17.9. The van der Waals surface area contributed by atoms with E-state index in [0.717, 1.165) is 12.8 Å². The molecule has 0 spiro atoms. The lowest BCUT2D eigenvalue weighted by molar-refractivity contribution is -0.127. The molecule has 3 nitrogen and oxygen atoms in total. The van der Waals surface area contributed by atoms with E-state index in [0.29, 0.717) is 31.9 Å². The van der Waals surface area contributed by atoms with Gasteiger partial charge in [0.2, 0.25) is 0 Å². The van der Waals surface area contributed by atoms with Crippen molar-refractivity contribution >= 4 is 17.4 Å². The van der Waals surface area contributed by atoms with Gasteiger partial charge >= 0.3 is 0 Å². The first-order chi connectivity index (χ1) is 6.33. The summed E-state index contributed by atoms with van der Waals surface area (Å²) >= 11 is 5.49. The van der Waals surface area contributed by atoms with Crippen molar-refractivity contribution < 1.29 is 14.3 Å². The number of ether oxygens (including phenoxy) is 2. The summed E-state index contributed by atoms with van der Waals surface area (Å²) in [7, 11) is 0. The van der Waals surface area contributed by atoms with Crippen LogP contribution in [0.1, 0.15) is 25.7 Å². The van der Waals surface area contributed by atoms with Crippen molar-refractivity contribution in [2.75, 3.05) is 19.1 Å². The van der Waals surface area contributed by atoms with Gasteiger partial charge in [0.05, 0.1) is 19.6 Å².